The van der Waals surface area contributed by atoms with E-state index in [0.29, 0.717) is 10.8 Å². The van der Waals surface area contributed by atoms with Crippen LogP contribution in [0, 0.1) is 0 Å². The maximum atomic E-state index is 12.7. The first kappa shape index (κ1) is 21.1. The van der Waals surface area contributed by atoms with Crippen LogP contribution in [0.2, 0.25) is 5.02 Å². The third-order valence-corrected chi connectivity index (χ3v) is 4.86. The van der Waals surface area contributed by atoms with Gasteiger partial charge in [0.05, 0.1) is 12.2 Å². The second kappa shape index (κ2) is 9.15. The Labute approximate surface area is 169 Å². The molecule has 5 nitrogen and oxygen atoms in total. The van der Waals surface area contributed by atoms with Crippen molar-refractivity contribution >= 4 is 40.9 Å². The number of likely N-dealkylation sites (N-methyl/N-ethyl adjacent to an activating group) is 1. The van der Waals surface area contributed by atoms with E-state index in [1.54, 1.807) is 56.9 Å². The summed E-state index contributed by atoms with van der Waals surface area (Å²) >= 11 is 7.41. The SMILES string of the molecule is CSc1ccccc1NC(=O)CN(C)C(=O)C(C)(C)Oc1ccc(Cl)cc1. The van der Waals surface area contributed by atoms with E-state index in [2.05, 4.69) is 5.32 Å². The Balaban J connectivity index is 1.98. The highest BCUT2D eigenvalue weighted by molar-refractivity contribution is 7.98. The van der Waals surface area contributed by atoms with Crippen LogP contribution in [0.15, 0.2) is 53.4 Å². The van der Waals surface area contributed by atoms with E-state index in [0.717, 1.165) is 10.6 Å². The maximum Gasteiger partial charge on any atom is 0.266 e. The normalized spacial score (nSPS) is 11.0. The van der Waals surface area contributed by atoms with Gasteiger partial charge in [-0.15, -0.1) is 11.8 Å². The van der Waals surface area contributed by atoms with Crippen molar-refractivity contribution in [2.45, 2.75) is 24.3 Å². The van der Waals surface area contributed by atoms with Crippen molar-refractivity contribution in [2.24, 2.45) is 0 Å². The fourth-order valence-electron chi connectivity index (χ4n) is 2.53. The smallest absolute Gasteiger partial charge is 0.266 e. The predicted molar refractivity (Wildman–Crippen MR) is 111 cm³/mol. The molecule has 27 heavy (non-hydrogen) atoms. The zero-order valence-electron chi connectivity index (χ0n) is 15.8. The van der Waals surface area contributed by atoms with Crippen molar-refractivity contribution in [3.8, 4) is 5.75 Å². The van der Waals surface area contributed by atoms with Crippen LogP contribution in [0.5, 0.6) is 5.75 Å². The van der Waals surface area contributed by atoms with Crippen LogP contribution in [0.25, 0.3) is 0 Å². The number of rotatable bonds is 7. The van der Waals surface area contributed by atoms with Crippen LogP contribution >= 0.6 is 23.4 Å². The van der Waals surface area contributed by atoms with Gasteiger partial charge >= 0.3 is 0 Å². The molecule has 2 aromatic rings. The minimum absolute atomic E-state index is 0.0744. The Morgan fingerprint density at radius 3 is 2.41 bits per heavy atom. The number of benzene rings is 2. The molecule has 1 N–H and O–H groups in total. The topological polar surface area (TPSA) is 58.6 Å². The third kappa shape index (κ3) is 5.91. The molecule has 0 atom stereocenters. The first-order chi connectivity index (χ1) is 12.7. The minimum atomic E-state index is -1.12. The average Bonchev–Trinajstić information content (AvgIpc) is 2.63. The highest BCUT2D eigenvalue weighted by Gasteiger charge is 2.33. The number of anilines is 1. The molecule has 0 unspecified atom stereocenters. The quantitative estimate of drug-likeness (QED) is 0.696. The standard InChI is InChI=1S/C20H23ClN2O3S/c1-20(2,26-15-11-9-14(21)10-12-15)19(25)23(3)13-18(24)22-16-7-5-6-8-17(16)27-4/h5-12H,13H2,1-4H3,(H,22,24). The van der Waals surface area contributed by atoms with Gasteiger partial charge in [0.2, 0.25) is 5.91 Å². The Hall–Kier alpha value is -2.18. The van der Waals surface area contributed by atoms with Gasteiger partial charge in [0, 0.05) is 17.0 Å². The lowest BCUT2D eigenvalue weighted by Gasteiger charge is -2.30. The number of halogens is 1. The summed E-state index contributed by atoms with van der Waals surface area (Å²) in [5.74, 6) is -0.0371. The molecule has 0 radical (unpaired) electrons. The summed E-state index contributed by atoms with van der Waals surface area (Å²) in [5.41, 5.74) is -0.396. The molecule has 2 rings (SSSR count). The van der Waals surface area contributed by atoms with Gasteiger partial charge in [0.15, 0.2) is 5.60 Å². The van der Waals surface area contributed by atoms with Gasteiger partial charge in [0.1, 0.15) is 5.75 Å². The molecule has 0 bridgehead atoms. The molecule has 0 aliphatic carbocycles. The van der Waals surface area contributed by atoms with Gasteiger partial charge in [0.25, 0.3) is 5.91 Å². The Kier molecular flexibility index (Phi) is 7.16. The summed E-state index contributed by atoms with van der Waals surface area (Å²) in [4.78, 5) is 27.4. The highest BCUT2D eigenvalue weighted by Crippen LogP contribution is 2.25. The lowest BCUT2D eigenvalue weighted by Crippen LogP contribution is -2.49. The van der Waals surface area contributed by atoms with E-state index in [4.69, 9.17) is 16.3 Å². The van der Waals surface area contributed by atoms with Crippen molar-refractivity contribution in [1.82, 2.24) is 4.90 Å². The van der Waals surface area contributed by atoms with Crippen molar-refractivity contribution in [1.29, 1.82) is 0 Å². The van der Waals surface area contributed by atoms with Crippen molar-refractivity contribution in [2.75, 3.05) is 25.2 Å². The number of para-hydroxylation sites is 1. The predicted octanol–water partition coefficient (Wildman–Crippen LogP) is 4.32. The second-order valence-electron chi connectivity index (χ2n) is 6.48. The molecule has 7 heteroatoms. The highest BCUT2D eigenvalue weighted by atomic mass is 35.5. The van der Waals surface area contributed by atoms with E-state index in [1.165, 1.54) is 4.90 Å². The van der Waals surface area contributed by atoms with E-state index in [-0.39, 0.29) is 18.4 Å². The van der Waals surface area contributed by atoms with E-state index >= 15 is 0 Å². The van der Waals surface area contributed by atoms with Crippen molar-refractivity contribution < 1.29 is 14.3 Å². The number of amides is 2. The number of nitrogens with zero attached hydrogens (tertiary/aromatic N) is 1. The summed E-state index contributed by atoms with van der Waals surface area (Å²) in [6.45, 7) is 3.26. The minimum Gasteiger partial charge on any atom is -0.478 e. The fourth-order valence-corrected chi connectivity index (χ4v) is 3.21. The van der Waals surface area contributed by atoms with Crippen LogP contribution < -0.4 is 10.1 Å². The molecular formula is C20H23ClN2O3S. The van der Waals surface area contributed by atoms with Gasteiger partial charge in [-0.1, -0.05) is 23.7 Å². The van der Waals surface area contributed by atoms with E-state index in [1.807, 2.05) is 30.5 Å². The molecule has 0 aliphatic rings. The third-order valence-electron chi connectivity index (χ3n) is 3.81. The van der Waals surface area contributed by atoms with Crippen LogP contribution in [0.4, 0.5) is 5.69 Å². The van der Waals surface area contributed by atoms with Crippen LogP contribution in [0.3, 0.4) is 0 Å². The van der Waals surface area contributed by atoms with Gasteiger partial charge in [-0.3, -0.25) is 9.59 Å². The molecule has 0 saturated heterocycles. The molecule has 2 aromatic carbocycles. The zero-order chi connectivity index (χ0) is 20.0. The first-order valence-corrected chi connectivity index (χ1v) is 9.96. The molecule has 0 aliphatic heterocycles. The Morgan fingerprint density at radius 1 is 1.15 bits per heavy atom. The molecule has 0 spiro atoms. The number of nitrogens with one attached hydrogen (secondary N) is 1. The summed E-state index contributed by atoms with van der Waals surface area (Å²) in [6.07, 6.45) is 1.94. The number of carbonyl (C=O) groups excluding carboxylic acids is 2. The molecule has 2 amide bonds. The fraction of sp³-hybridized carbons (Fsp3) is 0.300. The average molecular weight is 407 g/mol. The number of carbonyl (C=O) groups is 2. The maximum absolute atomic E-state index is 12.7. The van der Waals surface area contributed by atoms with E-state index < -0.39 is 5.60 Å². The van der Waals surface area contributed by atoms with Gasteiger partial charge < -0.3 is 15.0 Å². The number of hydrogen-bond donors (Lipinski definition) is 1. The van der Waals surface area contributed by atoms with Gasteiger partial charge in [-0.25, -0.2) is 0 Å². The van der Waals surface area contributed by atoms with Gasteiger partial charge in [-0.05, 0) is 56.5 Å². The number of hydrogen-bond acceptors (Lipinski definition) is 4. The number of thioether (sulfide) groups is 1. The summed E-state index contributed by atoms with van der Waals surface area (Å²) in [5, 5.41) is 3.43. The summed E-state index contributed by atoms with van der Waals surface area (Å²) in [6, 6.07) is 14.3. The molecule has 0 fully saturated rings. The molecule has 144 valence electrons. The molecular weight excluding hydrogens is 384 g/mol. The monoisotopic (exact) mass is 406 g/mol. The molecule has 0 saturated carbocycles. The zero-order valence-corrected chi connectivity index (χ0v) is 17.4. The Bertz CT molecular complexity index is 809. The van der Waals surface area contributed by atoms with Crippen LogP contribution in [-0.2, 0) is 9.59 Å². The Morgan fingerprint density at radius 2 is 1.78 bits per heavy atom. The molecule has 0 heterocycles. The number of ether oxygens (including phenoxy) is 1. The second-order valence-corrected chi connectivity index (χ2v) is 7.76. The van der Waals surface area contributed by atoms with Crippen LogP contribution in [0.1, 0.15) is 13.8 Å². The lowest BCUT2D eigenvalue weighted by atomic mass is 10.1. The lowest BCUT2D eigenvalue weighted by molar-refractivity contribution is -0.145. The first-order valence-electron chi connectivity index (χ1n) is 8.36. The summed E-state index contributed by atoms with van der Waals surface area (Å²) < 4.78 is 5.79. The van der Waals surface area contributed by atoms with Crippen molar-refractivity contribution in [3.05, 3.63) is 53.6 Å². The van der Waals surface area contributed by atoms with Crippen LogP contribution in [-0.4, -0.2) is 42.2 Å². The largest absolute Gasteiger partial charge is 0.478 e. The summed E-state index contributed by atoms with van der Waals surface area (Å²) in [7, 11) is 1.58. The molecule has 0 aromatic heterocycles. The van der Waals surface area contributed by atoms with Gasteiger partial charge in [-0.2, -0.15) is 0 Å². The van der Waals surface area contributed by atoms with Crippen molar-refractivity contribution in [3.63, 3.8) is 0 Å². The van der Waals surface area contributed by atoms with E-state index in [9.17, 15) is 9.59 Å².